The molecule has 0 radical (unpaired) electrons. The Labute approximate surface area is 54.2 Å². The van der Waals surface area contributed by atoms with E-state index in [-0.39, 0.29) is 11.7 Å². The minimum Gasteiger partial charge on any atom is -0.303 e. The summed E-state index contributed by atoms with van der Waals surface area (Å²) in [6.45, 7) is 0. The molecular formula is C7H10O2. The SMILES string of the molecule is O=CCC1CCCC1=O. The molecular weight excluding hydrogens is 116 g/mol. The second-order valence-corrected chi connectivity index (χ2v) is 2.46. The molecule has 0 spiro atoms. The highest BCUT2D eigenvalue weighted by atomic mass is 16.1. The molecule has 2 heteroatoms. The van der Waals surface area contributed by atoms with Gasteiger partial charge in [-0.2, -0.15) is 0 Å². The molecule has 0 aromatic rings. The quantitative estimate of drug-likeness (QED) is 0.516. The topological polar surface area (TPSA) is 34.1 Å². The highest BCUT2D eigenvalue weighted by molar-refractivity contribution is 5.84. The zero-order valence-electron chi connectivity index (χ0n) is 5.30. The van der Waals surface area contributed by atoms with E-state index in [1.807, 2.05) is 0 Å². The van der Waals surface area contributed by atoms with E-state index in [0.717, 1.165) is 19.1 Å². The Morgan fingerprint density at radius 2 is 2.44 bits per heavy atom. The maximum Gasteiger partial charge on any atom is 0.136 e. The molecule has 0 bridgehead atoms. The fourth-order valence-corrected chi connectivity index (χ4v) is 1.25. The van der Waals surface area contributed by atoms with Crippen LogP contribution in [0.15, 0.2) is 0 Å². The lowest BCUT2D eigenvalue weighted by atomic mass is 10.0. The Morgan fingerprint density at radius 3 is 2.89 bits per heavy atom. The zero-order chi connectivity index (χ0) is 6.69. The van der Waals surface area contributed by atoms with Crippen molar-refractivity contribution >= 4 is 12.1 Å². The van der Waals surface area contributed by atoms with Gasteiger partial charge >= 0.3 is 0 Å². The summed E-state index contributed by atoms with van der Waals surface area (Å²) in [6, 6.07) is 0. The van der Waals surface area contributed by atoms with Gasteiger partial charge in [-0.1, -0.05) is 0 Å². The zero-order valence-corrected chi connectivity index (χ0v) is 5.30. The molecule has 0 N–H and O–H groups in total. The number of hydrogen-bond acceptors (Lipinski definition) is 2. The fraction of sp³-hybridized carbons (Fsp3) is 0.714. The van der Waals surface area contributed by atoms with Gasteiger partial charge in [0, 0.05) is 18.8 Å². The van der Waals surface area contributed by atoms with Gasteiger partial charge in [-0.15, -0.1) is 0 Å². The first-order valence-corrected chi connectivity index (χ1v) is 3.31. The summed E-state index contributed by atoms with van der Waals surface area (Å²) < 4.78 is 0. The van der Waals surface area contributed by atoms with Gasteiger partial charge < -0.3 is 4.79 Å². The van der Waals surface area contributed by atoms with Crippen LogP contribution in [0, 0.1) is 5.92 Å². The fourth-order valence-electron chi connectivity index (χ4n) is 1.25. The second-order valence-electron chi connectivity index (χ2n) is 2.46. The highest BCUT2D eigenvalue weighted by Gasteiger charge is 2.23. The van der Waals surface area contributed by atoms with Crippen LogP contribution in [0.25, 0.3) is 0 Å². The molecule has 50 valence electrons. The Hall–Kier alpha value is -0.660. The average Bonchev–Trinajstić information content (AvgIpc) is 2.18. The van der Waals surface area contributed by atoms with Gasteiger partial charge in [0.1, 0.15) is 12.1 Å². The molecule has 0 aromatic carbocycles. The van der Waals surface area contributed by atoms with Gasteiger partial charge in [0.05, 0.1) is 0 Å². The lowest BCUT2D eigenvalue weighted by Crippen LogP contribution is -2.05. The van der Waals surface area contributed by atoms with E-state index < -0.39 is 0 Å². The lowest BCUT2D eigenvalue weighted by molar-refractivity contribution is -0.122. The van der Waals surface area contributed by atoms with Crippen molar-refractivity contribution < 1.29 is 9.59 Å². The van der Waals surface area contributed by atoms with Gasteiger partial charge in [-0.3, -0.25) is 4.79 Å². The number of aldehydes is 1. The van der Waals surface area contributed by atoms with E-state index >= 15 is 0 Å². The summed E-state index contributed by atoms with van der Waals surface area (Å²) >= 11 is 0. The largest absolute Gasteiger partial charge is 0.303 e. The third kappa shape index (κ3) is 1.37. The Morgan fingerprint density at radius 1 is 1.67 bits per heavy atom. The van der Waals surface area contributed by atoms with Crippen LogP contribution < -0.4 is 0 Å². The summed E-state index contributed by atoms with van der Waals surface area (Å²) in [6.07, 6.45) is 3.89. The number of carbonyl (C=O) groups excluding carboxylic acids is 2. The predicted molar refractivity (Wildman–Crippen MR) is 33.0 cm³/mol. The number of hydrogen-bond donors (Lipinski definition) is 0. The molecule has 1 aliphatic carbocycles. The van der Waals surface area contributed by atoms with Crippen molar-refractivity contribution in [1.29, 1.82) is 0 Å². The monoisotopic (exact) mass is 126 g/mol. The highest BCUT2D eigenvalue weighted by Crippen LogP contribution is 2.22. The van der Waals surface area contributed by atoms with Crippen LogP contribution in [-0.2, 0) is 9.59 Å². The minimum atomic E-state index is 0.0718. The molecule has 1 fully saturated rings. The van der Waals surface area contributed by atoms with Gasteiger partial charge in [-0.25, -0.2) is 0 Å². The molecule has 0 amide bonds. The van der Waals surface area contributed by atoms with Crippen LogP contribution in [0.5, 0.6) is 0 Å². The van der Waals surface area contributed by atoms with Crippen LogP contribution in [-0.4, -0.2) is 12.1 Å². The van der Waals surface area contributed by atoms with Gasteiger partial charge in [0.15, 0.2) is 0 Å². The number of rotatable bonds is 2. The van der Waals surface area contributed by atoms with Crippen molar-refractivity contribution in [1.82, 2.24) is 0 Å². The van der Waals surface area contributed by atoms with Gasteiger partial charge in [0.2, 0.25) is 0 Å². The Kier molecular flexibility index (Phi) is 1.98. The molecule has 0 aromatic heterocycles. The van der Waals surface area contributed by atoms with Crippen molar-refractivity contribution in [3.8, 4) is 0 Å². The predicted octanol–water partition coefficient (Wildman–Crippen LogP) is 0.945. The third-order valence-corrected chi connectivity index (χ3v) is 1.81. The molecule has 9 heavy (non-hydrogen) atoms. The number of Topliss-reactive ketones (excluding diaryl/α,β-unsaturated/α-hetero) is 1. The summed E-state index contributed by atoms with van der Waals surface area (Å²) in [7, 11) is 0. The van der Waals surface area contributed by atoms with Crippen LogP contribution in [0.4, 0.5) is 0 Å². The smallest absolute Gasteiger partial charge is 0.136 e. The number of ketones is 1. The first kappa shape index (κ1) is 6.46. The van der Waals surface area contributed by atoms with Crippen LogP contribution in [0.3, 0.4) is 0 Å². The van der Waals surface area contributed by atoms with Crippen molar-refractivity contribution in [3.63, 3.8) is 0 Å². The number of carbonyl (C=O) groups is 2. The minimum absolute atomic E-state index is 0.0718. The molecule has 0 heterocycles. The lowest BCUT2D eigenvalue weighted by Gasteiger charge is -1.98. The van der Waals surface area contributed by atoms with Crippen molar-refractivity contribution in [2.45, 2.75) is 25.7 Å². The molecule has 1 aliphatic rings. The standard InChI is InChI=1S/C7H10O2/c8-5-4-6-2-1-3-7(6)9/h5-6H,1-4H2. The summed E-state index contributed by atoms with van der Waals surface area (Å²) in [5.74, 6) is 0.351. The van der Waals surface area contributed by atoms with Crippen molar-refractivity contribution in [3.05, 3.63) is 0 Å². The van der Waals surface area contributed by atoms with Crippen LogP contribution in [0.1, 0.15) is 25.7 Å². The molecule has 0 saturated heterocycles. The van der Waals surface area contributed by atoms with E-state index in [2.05, 4.69) is 0 Å². The normalized spacial score (nSPS) is 26.7. The maximum atomic E-state index is 10.8. The Balaban J connectivity index is 2.39. The van der Waals surface area contributed by atoms with Crippen molar-refractivity contribution in [2.24, 2.45) is 5.92 Å². The molecule has 1 atom stereocenters. The van der Waals surface area contributed by atoms with E-state index in [1.165, 1.54) is 0 Å². The van der Waals surface area contributed by atoms with Crippen molar-refractivity contribution in [2.75, 3.05) is 0 Å². The average molecular weight is 126 g/mol. The summed E-state index contributed by atoms with van der Waals surface area (Å²) in [4.78, 5) is 20.8. The van der Waals surface area contributed by atoms with E-state index in [1.54, 1.807) is 0 Å². The second kappa shape index (κ2) is 2.76. The molecule has 1 unspecified atom stereocenters. The first-order valence-electron chi connectivity index (χ1n) is 3.31. The molecule has 1 saturated carbocycles. The van der Waals surface area contributed by atoms with E-state index in [9.17, 15) is 9.59 Å². The van der Waals surface area contributed by atoms with E-state index in [0.29, 0.717) is 12.8 Å². The molecule has 0 aliphatic heterocycles. The van der Waals surface area contributed by atoms with Crippen LogP contribution in [0.2, 0.25) is 0 Å². The Bertz CT molecular complexity index is 129. The first-order chi connectivity index (χ1) is 4.34. The van der Waals surface area contributed by atoms with E-state index in [4.69, 9.17) is 0 Å². The van der Waals surface area contributed by atoms with Crippen LogP contribution >= 0.6 is 0 Å². The summed E-state index contributed by atoms with van der Waals surface area (Å²) in [5.41, 5.74) is 0. The molecule has 2 nitrogen and oxygen atoms in total. The third-order valence-electron chi connectivity index (χ3n) is 1.81. The molecule has 1 rings (SSSR count). The van der Waals surface area contributed by atoms with Gasteiger partial charge in [0.25, 0.3) is 0 Å². The maximum absolute atomic E-state index is 10.8. The van der Waals surface area contributed by atoms with Gasteiger partial charge in [-0.05, 0) is 12.8 Å². The summed E-state index contributed by atoms with van der Waals surface area (Å²) in [5, 5.41) is 0.